The Morgan fingerprint density at radius 1 is 1.00 bits per heavy atom. The second-order valence-corrected chi connectivity index (χ2v) is 10.4. The molecule has 0 radical (unpaired) electrons. The number of oxazole rings is 1. The quantitative estimate of drug-likeness (QED) is 0.489. The Morgan fingerprint density at radius 2 is 1.66 bits per heavy atom. The maximum absolute atomic E-state index is 12.7. The zero-order valence-corrected chi connectivity index (χ0v) is 21.6. The maximum Gasteiger partial charge on any atom is 0.251 e. The third-order valence-electron chi connectivity index (χ3n) is 6.46. The monoisotopic (exact) mass is 494 g/mol. The van der Waals surface area contributed by atoms with Gasteiger partial charge in [0.1, 0.15) is 5.76 Å². The minimum absolute atomic E-state index is 0.0819. The smallest absolute Gasteiger partial charge is 0.251 e. The maximum atomic E-state index is 12.7. The van der Waals surface area contributed by atoms with Crippen LogP contribution in [0.2, 0.25) is 0 Å². The molecule has 2 aromatic carbocycles. The number of carbonyl (C=O) groups excluding carboxylic acids is 1. The number of hydrogen-bond donors (Lipinski definition) is 1. The van der Waals surface area contributed by atoms with E-state index >= 15 is 0 Å². The van der Waals surface area contributed by atoms with E-state index in [2.05, 4.69) is 27.0 Å². The number of rotatable bonds is 9. The number of aryl methyl sites for hydroxylation is 2. The Labute approximate surface area is 210 Å². The van der Waals surface area contributed by atoms with Gasteiger partial charge in [-0.2, -0.15) is 0 Å². The van der Waals surface area contributed by atoms with Crippen molar-refractivity contribution in [1.82, 2.24) is 20.1 Å². The van der Waals surface area contributed by atoms with Crippen LogP contribution in [0, 0.1) is 13.8 Å². The number of aromatic nitrogens is 1. The number of piperazine rings is 1. The van der Waals surface area contributed by atoms with E-state index in [0.717, 1.165) is 55.3 Å². The van der Waals surface area contributed by atoms with Crippen molar-refractivity contribution in [1.29, 1.82) is 0 Å². The fourth-order valence-corrected chi connectivity index (χ4v) is 5.23. The van der Waals surface area contributed by atoms with Gasteiger partial charge < -0.3 is 14.6 Å². The van der Waals surface area contributed by atoms with Crippen LogP contribution in [0.3, 0.4) is 0 Å². The molecule has 8 heteroatoms. The molecule has 3 aromatic rings. The number of carbonyl (C=O) groups is 1. The molecule has 1 unspecified atom stereocenters. The summed E-state index contributed by atoms with van der Waals surface area (Å²) >= 11 is 0. The highest BCUT2D eigenvalue weighted by molar-refractivity contribution is 7.84. The van der Waals surface area contributed by atoms with E-state index in [9.17, 15) is 9.00 Å². The van der Waals surface area contributed by atoms with Gasteiger partial charge in [-0.15, -0.1) is 0 Å². The number of likely N-dealkylation sites (N-methyl/N-ethyl adjacent to an activating group) is 1. The topological polar surface area (TPSA) is 78.7 Å². The Balaban J connectivity index is 1.31. The van der Waals surface area contributed by atoms with Crippen LogP contribution in [0.1, 0.15) is 34.3 Å². The average molecular weight is 495 g/mol. The summed E-state index contributed by atoms with van der Waals surface area (Å²) in [5, 5.41) is 3.02. The highest BCUT2D eigenvalue weighted by Gasteiger charge is 2.17. The predicted octanol–water partition coefficient (Wildman–Crippen LogP) is 3.63. The first kappa shape index (κ1) is 25.3. The molecular weight excluding hydrogens is 460 g/mol. The number of nitrogens with one attached hydrogen (secondary N) is 1. The normalized spacial score (nSPS) is 15.7. The molecule has 186 valence electrons. The van der Waals surface area contributed by atoms with Crippen molar-refractivity contribution in [2.24, 2.45) is 0 Å². The minimum atomic E-state index is -1.20. The first-order valence-corrected chi connectivity index (χ1v) is 13.5. The number of amides is 1. The van der Waals surface area contributed by atoms with Gasteiger partial charge in [-0.1, -0.05) is 24.6 Å². The summed E-state index contributed by atoms with van der Waals surface area (Å²) in [4.78, 5) is 22.7. The molecule has 4 rings (SSSR count). The molecule has 1 aliphatic rings. The molecule has 0 spiro atoms. The van der Waals surface area contributed by atoms with Gasteiger partial charge in [0.15, 0.2) is 0 Å². The van der Waals surface area contributed by atoms with Crippen LogP contribution in [0.25, 0.3) is 11.5 Å². The van der Waals surface area contributed by atoms with Crippen LogP contribution in [-0.2, 0) is 16.6 Å². The summed E-state index contributed by atoms with van der Waals surface area (Å²) < 4.78 is 18.6. The lowest BCUT2D eigenvalue weighted by Crippen LogP contribution is -2.48. The average Bonchev–Trinajstić information content (AvgIpc) is 3.24. The molecule has 1 saturated heterocycles. The summed E-state index contributed by atoms with van der Waals surface area (Å²) in [5.74, 6) is 1.34. The minimum Gasteiger partial charge on any atom is -0.441 e. The molecule has 2 heterocycles. The molecule has 1 amide bonds. The van der Waals surface area contributed by atoms with Gasteiger partial charge in [0, 0.05) is 55.3 Å². The Morgan fingerprint density at radius 3 is 2.31 bits per heavy atom. The van der Waals surface area contributed by atoms with Crippen molar-refractivity contribution in [3.8, 4) is 11.5 Å². The number of benzene rings is 2. The predicted molar refractivity (Wildman–Crippen MR) is 139 cm³/mol. The van der Waals surface area contributed by atoms with Crippen molar-refractivity contribution in [3.63, 3.8) is 0 Å². The third kappa shape index (κ3) is 6.66. The lowest BCUT2D eigenvalue weighted by atomic mass is 10.1. The largest absolute Gasteiger partial charge is 0.441 e. The summed E-state index contributed by atoms with van der Waals surface area (Å²) in [5.41, 5.74) is 3.20. The fourth-order valence-electron chi connectivity index (χ4n) is 4.11. The lowest BCUT2D eigenvalue weighted by Gasteiger charge is -2.33. The third-order valence-corrected chi connectivity index (χ3v) is 7.80. The molecular formula is C27H34N4O3S. The Hall–Kier alpha value is -2.81. The van der Waals surface area contributed by atoms with Crippen LogP contribution < -0.4 is 5.32 Å². The van der Waals surface area contributed by atoms with Crippen molar-refractivity contribution >= 4 is 16.7 Å². The number of nitrogens with zero attached hydrogens (tertiary/aromatic N) is 3. The van der Waals surface area contributed by atoms with Crippen molar-refractivity contribution in [2.75, 3.05) is 45.8 Å². The molecule has 1 atom stereocenters. The highest BCUT2D eigenvalue weighted by atomic mass is 32.2. The van der Waals surface area contributed by atoms with Gasteiger partial charge in [-0.05, 0) is 56.8 Å². The Bertz CT molecular complexity index is 1150. The van der Waals surface area contributed by atoms with Crippen LogP contribution >= 0.6 is 0 Å². The molecule has 0 bridgehead atoms. The summed E-state index contributed by atoms with van der Waals surface area (Å²) in [7, 11) is -1.20. The molecule has 7 nitrogen and oxygen atoms in total. The molecule has 1 aromatic heterocycles. The molecule has 1 aliphatic heterocycles. The zero-order valence-electron chi connectivity index (χ0n) is 20.8. The molecule has 0 saturated carbocycles. The van der Waals surface area contributed by atoms with E-state index in [1.54, 1.807) is 12.1 Å². The van der Waals surface area contributed by atoms with Crippen molar-refractivity contribution < 1.29 is 13.4 Å². The summed E-state index contributed by atoms with van der Waals surface area (Å²) in [6.07, 6.45) is 0. The van der Waals surface area contributed by atoms with Gasteiger partial charge in [0.2, 0.25) is 5.89 Å². The second-order valence-electron chi connectivity index (χ2n) is 8.93. The van der Waals surface area contributed by atoms with Crippen LogP contribution in [-0.4, -0.2) is 70.7 Å². The molecule has 0 aliphatic carbocycles. The van der Waals surface area contributed by atoms with Crippen LogP contribution in [0.15, 0.2) is 57.8 Å². The fraction of sp³-hybridized carbons (Fsp3) is 0.407. The Kier molecular flexibility index (Phi) is 8.49. The van der Waals surface area contributed by atoms with Gasteiger partial charge in [0.05, 0.1) is 22.2 Å². The van der Waals surface area contributed by atoms with Gasteiger partial charge in [0.25, 0.3) is 5.91 Å². The van der Waals surface area contributed by atoms with E-state index in [1.165, 1.54) is 0 Å². The van der Waals surface area contributed by atoms with Gasteiger partial charge >= 0.3 is 0 Å². The highest BCUT2D eigenvalue weighted by Crippen LogP contribution is 2.24. The van der Waals surface area contributed by atoms with Crippen molar-refractivity contribution in [2.45, 2.75) is 31.4 Å². The van der Waals surface area contributed by atoms with E-state index in [4.69, 9.17) is 4.42 Å². The van der Waals surface area contributed by atoms with E-state index < -0.39 is 10.8 Å². The SMILES string of the molecule is CCN1CCN(CCNC(=O)c2ccc(-c3nc(CS(=O)c4ccc(C)cc4)c(C)o3)cc2)CC1. The van der Waals surface area contributed by atoms with Crippen LogP contribution in [0.4, 0.5) is 0 Å². The zero-order chi connectivity index (χ0) is 24.8. The molecule has 1 fully saturated rings. The summed E-state index contributed by atoms with van der Waals surface area (Å²) in [6.45, 7) is 12.9. The number of hydrogen-bond acceptors (Lipinski definition) is 6. The van der Waals surface area contributed by atoms with E-state index in [1.807, 2.05) is 50.2 Å². The lowest BCUT2D eigenvalue weighted by molar-refractivity contribution is 0.0938. The molecule has 1 N–H and O–H groups in total. The standard InChI is InChI=1S/C27H34N4O3S/c1-4-30-15-17-31(18-16-30)14-13-28-26(32)22-7-9-23(10-8-22)27-29-25(21(3)34-27)19-35(33)24-11-5-20(2)6-12-24/h5-12H,4,13-19H2,1-3H3,(H,28,32). The van der Waals surface area contributed by atoms with E-state index in [-0.39, 0.29) is 5.91 Å². The van der Waals surface area contributed by atoms with Gasteiger partial charge in [-0.3, -0.25) is 13.9 Å². The van der Waals surface area contributed by atoms with Crippen molar-refractivity contribution in [3.05, 3.63) is 71.1 Å². The van der Waals surface area contributed by atoms with Gasteiger partial charge in [-0.25, -0.2) is 4.98 Å². The summed E-state index contributed by atoms with van der Waals surface area (Å²) in [6, 6.07) is 14.9. The first-order valence-electron chi connectivity index (χ1n) is 12.2. The molecule has 35 heavy (non-hydrogen) atoms. The first-order chi connectivity index (χ1) is 16.9. The van der Waals surface area contributed by atoms with E-state index in [0.29, 0.717) is 35.2 Å². The van der Waals surface area contributed by atoms with Crippen LogP contribution in [0.5, 0.6) is 0 Å². The second kappa shape index (κ2) is 11.7.